The zero-order chi connectivity index (χ0) is 23.0. The van der Waals surface area contributed by atoms with Gasteiger partial charge in [-0.1, -0.05) is 36.7 Å². The van der Waals surface area contributed by atoms with Crippen LogP contribution in [0.3, 0.4) is 0 Å². The summed E-state index contributed by atoms with van der Waals surface area (Å²) in [5.41, 5.74) is 4.74. The van der Waals surface area contributed by atoms with E-state index in [1.165, 1.54) is 18.3 Å². The van der Waals surface area contributed by atoms with Crippen molar-refractivity contribution in [3.05, 3.63) is 63.7 Å². The third kappa shape index (κ3) is 5.21. The maximum Gasteiger partial charge on any atom is 0.416 e. The second-order valence-electron chi connectivity index (χ2n) is 8.58. The van der Waals surface area contributed by atoms with Crippen LogP contribution in [-0.2, 0) is 17.4 Å². The summed E-state index contributed by atoms with van der Waals surface area (Å²) in [6, 6.07) is 8.55. The van der Waals surface area contributed by atoms with Crippen molar-refractivity contribution in [2.24, 2.45) is 5.10 Å². The molecular weight excluding hydrogens is 427 g/mol. The zero-order valence-electron chi connectivity index (χ0n) is 17.8. The van der Waals surface area contributed by atoms with Gasteiger partial charge >= 0.3 is 6.18 Å². The molecule has 1 amide bonds. The van der Waals surface area contributed by atoms with Gasteiger partial charge in [0.05, 0.1) is 23.2 Å². The molecule has 31 heavy (non-hydrogen) atoms. The predicted octanol–water partition coefficient (Wildman–Crippen LogP) is 5.77. The summed E-state index contributed by atoms with van der Waals surface area (Å²) < 4.78 is 38.4. The van der Waals surface area contributed by atoms with Gasteiger partial charge in [0.2, 0.25) is 5.91 Å². The lowest BCUT2D eigenvalue weighted by Gasteiger charge is -2.45. The lowest BCUT2D eigenvalue weighted by atomic mass is 9.80. The summed E-state index contributed by atoms with van der Waals surface area (Å²) in [5, 5.41) is 4.45. The number of hydrazone groups is 1. The Bertz CT molecular complexity index is 1020. The quantitative estimate of drug-likeness (QED) is 0.473. The SMILES string of the molecule is CC1CC(C)(C)N(C)c2cc(Cl)c(/C=N/NC(=O)Cc3cccc(C(F)(F)F)c3)cc21. The standard InChI is InChI=1S/C23H25ClF3N3O/c1-14-12-22(2,3)30(4)20-11-19(24)16(10-18(14)20)13-28-29-21(31)9-15-6-5-7-17(8-15)23(25,26)27/h5-8,10-11,13-14H,9,12H2,1-4H3,(H,29,31)/b28-13+. The first kappa shape index (κ1) is 23.1. The lowest BCUT2D eigenvalue weighted by molar-refractivity contribution is -0.137. The molecule has 0 fully saturated rings. The molecule has 3 rings (SSSR count). The van der Waals surface area contributed by atoms with Gasteiger partial charge < -0.3 is 4.90 Å². The minimum Gasteiger partial charge on any atom is -0.369 e. The Morgan fingerprint density at radius 2 is 2.03 bits per heavy atom. The molecule has 8 heteroatoms. The summed E-state index contributed by atoms with van der Waals surface area (Å²) in [6.07, 6.45) is -2.22. The van der Waals surface area contributed by atoms with Crippen molar-refractivity contribution in [1.29, 1.82) is 0 Å². The molecular formula is C23H25ClF3N3O. The molecule has 1 N–H and O–H groups in total. The minimum absolute atomic E-state index is 0.0166. The maximum atomic E-state index is 12.8. The highest BCUT2D eigenvalue weighted by Gasteiger charge is 2.34. The first-order valence-corrected chi connectivity index (χ1v) is 10.3. The van der Waals surface area contributed by atoms with Crippen LogP contribution in [0.2, 0.25) is 5.02 Å². The van der Waals surface area contributed by atoms with Gasteiger partial charge in [-0.3, -0.25) is 4.79 Å². The van der Waals surface area contributed by atoms with Crippen molar-refractivity contribution in [1.82, 2.24) is 5.43 Å². The number of alkyl halides is 3. The summed E-state index contributed by atoms with van der Waals surface area (Å²) in [4.78, 5) is 14.3. The molecule has 1 aliphatic rings. The Morgan fingerprint density at radius 1 is 1.32 bits per heavy atom. The topological polar surface area (TPSA) is 44.7 Å². The van der Waals surface area contributed by atoms with Crippen LogP contribution in [0.5, 0.6) is 0 Å². The van der Waals surface area contributed by atoms with E-state index < -0.39 is 17.6 Å². The van der Waals surface area contributed by atoms with Crippen LogP contribution in [0.4, 0.5) is 18.9 Å². The van der Waals surface area contributed by atoms with Gasteiger partial charge in [0, 0.05) is 23.8 Å². The number of amides is 1. The molecule has 0 bridgehead atoms. The Kier molecular flexibility index (Phi) is 6.37. The number of hydrogen-bond acceptors (Lipinski definition) is 3. The van der Waals surface area contributed by atoms with E-state index in [0.717, 1.165) is 29.8 Å². The van der Waals surface area contributed by atoms with Crippen molar-refractivity contribution >= 4 is 29.4 Å². The van der Waals surface area contributed by atoms with Gasteiger partial charge in [-0.25, -0.2) is 5.43 Å². The van der Waals surface area contributed by atoms with Gasteiger partial charge in [-0.2, -0.15) is 18.3 Å². The van der Waals surface area contributed by atoms with E-state index in [-0.39, 0.29) is 17.5 Å². The van der Waals surface area contributed by atoms with Gasteiger partial charge in [-0.05, 0) is 55.5 Å². The number of halogens is 4. The van der Waals surface area contributed by atoms with E-state index in [1.54, 1.807) is 0 Å². The Labute approximate surface area is 185 Å². The van der Waals surface area contributed by atoms with Gasteiger partial charge in [0.1, 0.15) is 0 Å². The first-order chi connectivity index (χ1) is 14.4. The van der Waals surface area contributed by atoms with Crippen LogP contribution in [0.25, 0.3) is 0 Å². The fraction of sp³-hybridized carbons (Fsp3) is 0.391. The maximum absolute atomic E-state index is 12.8. The predicted molar refractivity (Wildman–Crippen MR) is 118 cm³/mol. The average Bonchev–Trinajstić information content (AvgIpc) is 2.66. The van der Waals surface area contributed by atoms with Gasteiger partial charge in [0.25, 0.3) is 0 Å². The number of nitrogens with zero attached hydrogens (tertiary/aromatic N) is 2. The van der Waals surface area contributed by atoms with E-state index in [1.807, 2.05) is 19.2 Å². The van der Waals surface area contributed by atoms with Crippen LogP contribution in [0, 0.1) is 0 Å². The molecule has 0 saturated carbocycles. The van der Waals surface area contributed by atoms with E-state index in [0.29, 0.717) is 16.5 Å². The molecule has 2 aromatic rings. The van der Waals surface area contributed by atoms with Crippen molar-refractivity contribution in [3.8, 4) is 0 Å². The normalized spacial score (nSPS) is 18.2. The molecule has 166 valence electrons. The molecule has 1 atom stereocenters. The molecule has 2 aromatic carbocycles. The fourth-order valence-corrected chi connectivity index (χ4v) is 4.17. The van der Waals surface area contributed by atoms with Gasteiger partial charge in [0.15, 0.2) is 0 Å². The van der Waals surface area contributed by atoms with Crippen molar-refractivity contribution in [3.63, 3.8) is 0 Å². The highest BCUT2D eigenvalue weighted by molar-refractivity contribution is 6.33. The molecule has 0 saturated heterocycles. The van der Waals surface area contributed by atoms with Crippen LogP contribution < -0.4 is 10.3 Å². The molecule has 1 heterocycles. The molecule has 0 spiro atoms. The van der Waals surface area contributed by atoms with Crippen molar-refractivity contribution < 1.29 is 18.0 Å². The van der Waals surface area contributed by atoms with Gasteiger partial charge in [-0.15, -0.1) is 0 Å². The van der Waals surface area contributed by atoms with Crippen LogP contribution >= 0.6 is 11.6 Å². The molecule has 4 nitrogen and oxygen atoms in total. The number of benzene rings is 2. The minimum atomic E-state index is -4.45. The smallest absolute Gasteiger partial charge is 0.369 e. The third-order valence-electron chi connectivity index (χ3n) is 5.76. The molecule has 1 unspecified atom stereocenters. The fourth-order valence-electron chi connectivity index (χ4n) is 3.96. The van der Waals surface area contributed by atoms with Crippen LogP contribution in [0.1, 0.15) is 55.4 Å². The summed E-state index contributed by atoms with van der Waals surface area (Å²) in [5.74, 6) is -0.180. The van der Waals surface area contributed by atoms with E-state index >= 15 is 0 Å². The lowest BCUT2D eigenvalue weighted by Crippen LogP contribution is -2.45. The Morgan fingerprint density at radius 3 is 2.71 bits per heavy atom. The summed E-state index contributed by atoms with van der Waals surface area (Å²) in [7, 11) is 2.04. The number of rotatable bonds is 4. The molecule has 0 aliphatic carbocycles. The molecule has 0 radical (unpaired) electrons. The largest absolute Gasteiger partial charge is 0.416 e. The van der Waals surface area contributed by atoms with Crippen LogP contribution in [0.15, 0.2) is 41.5 Å². The number of nitrogens with one attached hydrogen (secondary N) is 1. The third-order valence-corrected chi connectivity index (χ3v) is 6.09. The summed E-state index contributed by atoms with van der Waals surface area (Å²) >= 11 is 6.44. The first-order valence-electron chi connectivity index (χ1n) is 9.94. The average molecular weight is 452 g/mol. The zero-order valence-corrected chi connectivity index (χ0v) is 18.6. The highest BCUT2D eigenvalue weighted by Crippen LogP contribution is 2.44. The monoisotopic (exact) mass is 451 g/mol. The second kappa shape index (κ2) is 8.54. The van der Waals surface area contributed by atoms with Crippen molar-refractivity contribution in [2.45, 2.75) is 51.2 Å². The number of carbonyl (C=O) groups is 1. The molecule has 1 aliphatic heterocycles. The number of carbonyl (C=O) groups excluding carboxylic acids is 1. The van der Waals surface area contributed by atoms with Crippen LogP contribution in [-0.4, -0.2) is 24.7 Å². The highest BCUT2D eigenvalue weighted by atomic mass is 35.5. The Balaban J connectivity index is 1.71. The van der Waals surface area contributed by atoms with Crippen molar-refractivity contribution in [2.75, 3.05) is 11.9 Å². The second-order valence-corrected chi connectivity index (χ2v) is 8.98. The molecule has 0 aromatic heterocycles. The number of hydrogen-bond donors (Lipinski definition) is 1. The Hall–Kier alpha value is -2.54. The number of anilines is 1. The van der Waals surface area contributed by atoms with E-state index in [2.05, 4.69) is 36.2 Å². The number of fused-ring (bicyclic) bond motifs is 1. The van der Waals surface area contributed by atoms with E-state index in [4.69, 9.17) is 11.6 Å². The summed E-state index contributed by atoms with van der Waals surface area (Å²) in [6.45, 7) is 6.55. The van der Waals surface area contributed by atoms with E-state index in [9.17, 15) is 18.0 Å².